The van der Waals surface area contributed by atoms with Gasteiger partial charge in [-0.15, -0.1) is 0 Å². The van der Waals surface area contributed by atoms with E-state index in [2.05, 4.69) is 5.32 Å². The molecule has 0 aromatic heterocycles. The molecule has 0 unspecified atom stereocenters. The summed E-state index contributed by atoms with van der Waals surface area (Å²) in [4.78, 5) is 23.4. The number of nitrogens with one attached hydrogen (secondary N) is 1. The lowest BCUT2D eigenvalue weighted by Crippen LogP contribution is -2.33. The molecule has 0 aliphatic carbocycles. The van der Waals surface area contributed by atoms with E-state index in [1.54, 1.807) is 38.1 Å². The van der Waals surface area contributed by atoms with Gasteiger partial charge in [0.2, 0.25) is 0 Å². The number of hydrogen-bond donors (Lipinski definition) is 3. The fourth-order valence-electron chi connectivity index (χ4n) is 2.86. The molecular weight excluding hydrogens is 358 g/mol. The SMILES string of the molecule is Cc1cc(C(=O)NCc2ccc(C#N)cc2O)ccc1CC(C)(C)OC(N)=O. The molecule has 0 aliphatic rings. The third-order valence-electron chi connectivity index (χ3n) is 4.25. The molecule has 0 aliphatic heterocycles. The van der Waals surface area contributed by atoms with Gasteiger partial charge in [0.15, 0.2) is 0 Å². The van der Waals surface area contributed by atoms with Gasteiger partial charge in [-0.3, -0.25) is 4.79 Å². The molecule has 0 spiro atoms. The molecule has 28 heavy (non-hydrogen) atoms. The maximum atomic E-state index is 12.4. The molecule has 4 N–H and O–H groups in total. The first-order valence-corrected chi connectivity index (χ1v) is 8.69. The number of amides is 2. The van der Waals surface area contributed by atoms with Gasteiger partial charge in [-0.05, 0) is 56.2 Å². The van der Waals surface area contributed by atoms with Crippen LogP contribution < -0.4 is 11.1 Å². The first-order chi connectivity index (χ1) is 13.1. The Morgan fingerprint density at radius 3 is 2.46 bits per heavy atom. The molecule has 7 heteroatoms. The van der Waals surface area contributed by atoms with Crippen molar-refractivity contribution in [3.05, 3.63) is 64.2 Å². The number of ether oxygens (including phenoxy) is 1. The van der Waals surface area contributed by atoms with Crippen molar-refractivity contribution in [2.45, 2.75) is 39.3 Å². The molecule has 0 bridgehead atoms. The van der Waals surface area contributed by atoms with E-state index in [0.717, 1.165) is 11.1 Å². The summed E-state index contributed by atoms with van der Waals surface area (Å²) >= 11 is 0. The lowest BCUT2D eigenvalue weighted by molar-refractivity contribution is 0.0459. The zero-order chi connectivity index (χ0) is 20.9. The minimum atomic E-state index is -0.829. The van der Waals surface area contributed by atoms with Gasteiger partial charge in [0.25, 0.3) is 5.91 Å². The summed E-state index contributed by atoms with van der Waals surface area (Å²) in [6.45, 7) is 5.54. The van der Waals surface area contributed by atoms with E-state index < -0.39 is 11.7 Å². The number of phenolic OH excluding ortho intramolecular Hbond substituents is 1. The van der Waals surface area contributed by atoms with Crippen LogP contribution in [0.4, 0.5) is 4.79 Å². The van der Waals surface area contributed by atoms with Crippen LogP contribution in [-0.2, 0) is 17.7 Å². The molecular formula is C21H23N3O4. The molecule has 2 aromatic carbocycles. The summed E-state index contributed by atoms with van der Waals surface area (Å²) in [5.74, 6) is -0.325. The summed E-state index contributed by atoms with van der Waals surface area (Å²) in [5.41, 5.74) is 7.50. The number of aryl methyl sites for hydroxylation is 1. The second-order valence-corrected chi connectivity index (χ2v) is 7.14. The Morgan fingerprint density at radius 2 is 1.89 bits per heavy atom. The van der Waals surface area contributed by atoms with Gasteiger partial charge >= 0.3 is 6.09 Å². The Hall–Kier alpha value is -3.53. The molecule has 2 aromatic rings. The van der Waals surface area contributed by atoms with Crippen LogP contribution >= 0.6 is 0 Å². The number of carbonyl (C=O) groups excluding carboxylic acids is 2. The van der Waals surface area contributed by atoms with Gasteiger partial charge in [0.05, 0.1) is 11.6 Å². The monoisotopic (exact) mass is 381 g/mol. The first kappa shape index (κ1) is 20.8. The second kappa shape index (κ2) is 8.44. The van der Waals surface area contributed by atoms with E-state index in [9.17, 15) is 14.7 Å². The molecule has 7 nitrogen and oxygen atoms in total. The van der Waals surface area contributed by atoms with E-state index in [1.165, 1.54) is 6.07 Å². The summed E-state index contributed by atoms with van der Waals surface area (Å²) in [5, 5.41) is 21.5. The number of primary amides is 1. The lowest BCUT2D eigenvalue weighted by Gasteiger charge is -2.25. The van der Waals surface area contributed by atoms with Crippen molar-refractivity contribution in [2.24, 2.45) is 5.73 Å². The topological polar surface area (TPSA) is 125 Å². The normalized spacial score (nSPS) is 10.8. The number of phenols is 1. The molecule has 2 rings (SSSR count). The van der Waals surface area contributed by atoms with Crippen LogP contribution in [0.1, 0.15) is 46.5 Å². The fraction of sp³-hybridized carbons (Fsp3) is 0.286. The molecule has 0 radical (unpaired) electrons. The van der Waals surface area contributed by atoms with Crippen molar-refractivity contribution in [1.29, 1.82) is 5.26 Å². The third-order valence-corrected chi connectivity index (χ3v) is 4.25. The van der Waals surface area contributed by atoms with E-state index in [1.807, 2.05) is 19.1 Å². The second-order valence-electron chi connectivity index (χ2n) is 7.14. The van der Waals surface area contributed by atoms with Crippen molar-refractivity contribution in [2.75, 3.05) is 0 Å². The average Bonchev–Trinajstić information content (AvgIpc) is 2.60. The van der Waals surface area contributed by atoms with E-state index >= 15 is 0 Å². The fourth-order valence-corrected chi connectivity index (χ4v) is 2.86. The molecule has 0 atom stereocenters. The van der Waals surface area contributed by atoms with Crippen molar-refractivity contribution >= 4 is 12.0 Å². The minimum absolute atomic E-state index is 0.0393. The highest BCUT2D eigenvalue weighted by molar-refractivity contribution is 5.94. The summed E-state index contributed by atoms with van der Waals surface area (Å²) in [7, 11) is 0. The van der Waals surface area contributed by atoms with Crippen LogP contribution in [0.25, 0.3) is 0 Å². The van der Waals surface area contributed by atoms with E-state index in [-0.39, 0.29) is 18.2 Å². The Balaban J connectivity index is 2.06. The van der Waals surface area contributed by atoms with Crippen LogP contribution in [0.5, 0.6) is 5.75 Å². The molecule has 2 amide bonds. The van der Waals surface area contributed by atoms with Crippen LogP contribution in [0.2, 0.25) is 0 Å². The number of aromatic hydroxyl groups is 1. The van der Waals surface area contributed by atoms with Gasteiger partial charge in [0, 0.05) is 24.1 Å². The van der Waals surface area contributed by atoms with Crippen LogP contribution in [-0.4, -0.2) is 22.7 Å². The molecule has 0 saturated carbocycles. The lowest BCUT2D eigenvalue weighted by atomic mass is 9.94. The predicted octanol–water partition coefficient (Wildman–Crippen LogP) is 2.92. The van der Waals surface area contributed by atoms with Gasteiger partial charge in [-0.25, -0.2) is 4.79 Å². The standard InChI is InChI=1S/C21H23N3O4/c1-13-8-15(6-7-16(13)10-21(2,3)28-20(23)27)19(26)24-12-17-5-4-14(11-22)9-18(17)25/h4-9,25H,10,12H2,1-3H3,(H2,23,27)(H,24,26). The highest BCUT2D eigenvalue weighted by Gasteiger charge is 2.23. The highest BCUT2D eigenvalue weighted by atomic mass is 16.6. The van der Waals surface area contributed by atoms with Gasteiger partial charge in [0.1, 0.15) is 11.4 Å². The van der Waals surface area contributed by atoms with Gasteiger partial charge < -0.3 is 20.9 Å². The molecule has 0 heterocycles. The van der Waals surface area contributed by atoms with Gasteiger partial charge in [-0.2, -0.15) is 5.26 Å². The quantitative estimate of drug-likeness (QED) is 0.709. The molecule has 0 saturated heterocycles. The Kier molecular flexibility index (Phi) is 6.26. The maximum Gasteiger partial charge on any atom is 0.405 e. The van der Waals surface area contributed by atoms with E-state index in [4.69, 9.17) is 15.7 Å². The zero-order valence-electron chi connectivity index (χ0n) is 16.1. The zero-order valence-corrected chi connectivity index (χ0v) is 16.1. The minimum Gasteiger partial charge on any atom is -0.508 e. The van der Waals surface area contributed by atoms with Crippen molar-refractivity contribution < 1.29 is 19.4 Å². The maximum absolute atomic E-state index is 12.4. The van der Waals surface area contributed by atoms with Crippen molar-refractivity contribution in [1.82, 2.24) is 5.32 Å². The molecule has 0 fully saturated rings. The Bertz CT molecular complexity index is 945. The van der Waals surface area contributed by atoms with Crippen LogP contribution in [0.3, 0.4) is 0 Å². The average molecular weight is 381 g/mol. The number of nitriles is 1. The Morgan fingerprint density at radius 1 is 1.21 bits per heavy atom. The summed E-state index contributed by atoms with van der Waals surface area (Å²) in [6, 6.07) is 11.7. The van der Waals surface area contributed by atoms with E-state index in [0.29, 0.717) is 23.1 Å². The highest BCUT2D eigenvalue weighted by Crippen LogP contribution is 2.21. The van der Waals surface area contributed by atoms with Crippen molar-refractivity contribution in [3.8, 4) is 11.8 Å². The molecule has 146 valence electrons. The van der Waals surface area contributed by atoms with Crippen molar-refractivity contribution in [3.63, 3.8) is 0 Å². The number of carbonyl (C=O) groups is 2. The number of benzene rings is 2. The largest absolute Gasteiger partial charge is 0.508 e. The smallest absolute Gasteiger partial charge is 0.405 e. The summed E-state index contributed by atoms with van der Waals surface area (Å²) in [6.07, 6.45) is -0.368. The number of nitrogens with zero attached hydrogens (tertiary/aromatic N) is 1. The van der Waals surface area contributed by atoms with Crippen LogP contribution in [0, 0.1) is 18.3 Å². The number of rotatable bonds is 6. The first-order valence-electron chi connectivity index (χ1n) is 8.69. The van der Waals surface area contributed by atoms with Crippen LogP contribution in [0.15, 0.2) is 36.4 Å². The predicted molar refractivity (Wildman–Crippen MR) is 104 cm³/mol. The third kappa shape index (κ3) is 5.48. The Labute approximate surface area is 163 Å². The number of nitrogens with two attached hydrogens (primary N) is 1. The van der Waals surface area contributed by atoms with Gasteiger partial charge in [-0.1, -0.05) is 12.1 Å². The number of hydrogen-bond acceptors (Lipinski definition) is 5. The summed E-state index contributed by atoms with van der Waals surface area (Å²) < 4.78 is 5.11.